The van der Waals surface area contributed by atoms with Gasteiger partial charge in [0.1, 0.15) is 12.4 Å². The summed E-state index contributed by atoms with van der Waals surface area (Å²) in [4.78, 5) is 2.16. The molecular formula is C17H18N2O3S. The van der Waals surface area contributed by atoms with Crippen LogP contribution in [-0.2, 0) is 10.0 Å². The molecule has 1 aliphatic rings. The lowest BCUT2D eigenvalue weighted by atomic mass is 10.2. The molecule has 0 amide bonds. The number of sulfonamides is 1. The summed E-state index contributed by atoms with van der Waals surface area (Å²) in [6, 6.07) is 14.3. The summed E-state index contributed by atoms with van der Waals surface area (Å²) in [5.74, 6) is 0.765. The van der Waals surface area contributed by atoms with Gasteiger partial charge in [-0.05, 0) is 43.3 Å². The van der Waals surface area contributed by atoms with Crippen LogP contribution in [0.1, 0.15) is 5.56 Å². The van der Waals surface area contributed by atoms with Crippen LogP contribution in [0.2, 0.25) is 0 Å². The lowest BCUT2D eigenvalue weighted by Crippen LogP contribution is -2.30. The van der Waals surface area contributed by atoms with Gasteiger partial charge in [-0.15, -0.1) is 0 Å². The summed E-state index contributed by atoms with van der Waals surface area (Å²) >= 11 is 0. The number of hydrogen-bond acceptors (Lipinski definition) is 4. The average Bonchev–Trinajstić information content (AvgIpc) is 3.06. The zero-order valence-electron chi connectivity index (χ0n) is 13.0. The van der Waals surface area contributed by atoms with Crippen LogP contribution in [0.5, 0.6) is 5.75 Å². The summed E-state index contributed by atoms with van der Waals surface area (Å²) < 4.78 is 31.8. The highest BCUT2D eigenvalue weighted by Crippen LogP contribution is 2.26. The van der Waals surface area contributed by atoms with E-state index in [0.717, 1.165) is 17.0 Å². The second-order valence-corrected chi connectivity index (χ2v) is 7.20. The Labute approximate surface area is 136 Å². The highest BCUT2D eigenvalue weighted by Gasteiger charge is 2.26. The fraction of sp³-hybridized carbons (Fsp3) is 0.176. The number of ether oxygens (including phenoxy) is 1. The quantitative estimate of drug-likeness (QED) is 0.865. The molecule has 23 heavy (non-hydrogen) atoms. The standard InChI is InChI=1S/C17H18N2O3S/c1-14-3-9-17(10-4-14)23(20,21)19-12-11-18(13-19)15-5-7-16(22-2)8-6-15/h3-12H,13H2,1-2H3. The molecule has 2 aromatic rings. The number of methoxy groups -OCH3 is 1. The summed E-state index contributed by atoms with van der Waals surface area (Å²) in [7, 11) is -1.92. The van der Waals surface area contributed by atoms with E-state index in [9.17, 15) is 8.42 Å². The minimum atomic E-state index is -3.53. The van der Waals surface area contributed by atoms with E-state index in [1.165, 1.54) is 4.31 Å². The Bertz CT molecular complexity index is 812. The van der Waals surface area contributed by atoms with Gasteiger partial charge in [-0.1, -0.05) is 17.7 Å². The first-order chi connectivity index (χ1) is 11.0. The van der Waals surface area contributed by atoms with Gasteiger partial charge in [0, 0.05) is 18.1 Å². The molecule has 5 nitrogen and oxygen atoms in total. The summed E-state index contributed by atoms with van der Waals surface area (Å²) in [5.41, 5.74) is 1.93. The molecule has 0 aliphatic carbocycles. The van der Waals surface area contributed by atoms with E-state index in [0.29, 0.717) is 4.90 Å². The molecule has 0 unspecified atom stereocenters. The van der Waals surface area contributed by atoms with Gasteiger partial charge < -0.3 is 9.64 Å². The largest absolute Gasteiger partial charge is 0.497 e. The molecule has 0 spiro atoms. The van der Waals surface area contributed by atoms with Crippen molar-refractivity contribution in [2.75, 3.05) is 18.7 Å². The molecule has 0 aromatic heterocycles. The molecule has 2 aromatic carbocycles. The maximum absolute atomic E-state index is 12.7. The van der Waals surface area contributed by atoms with Gasteiger partial charge in [-0.3, -0.25) is 4.31 Å². The first-order valence-electron chi connectivity index (χ1n) is 7.18. The summed E-state index contributed by atoms with van der Waals surface area (Å²) in [5, 5.41) is 0. The van der Waals surface area contributed by atoms with Crippen molar-refractivity contribution in [1.29, 1.82) is 0 Å². The van der Waals surface area contributed by atoms with Crippen molar-refractivity contribution < 1.29 is 13.2 Å². The molecule has 120 valence electrons. The van der Waals surface area contributed by atoms with Crippen LogP contribution in [-0.4, -0.2) is 26.5 Å². The summed E-state index contributed by atoms with van der Waals surface area (Å²) in [6.45, 7) is 2.18. The first-order valence-corrected chi connectivity index (χ1v) is 8.62. The van der Waals surface area contributed by atoms with Crippen molar-refractivity contribution in [1.82, 2.24) is 4.31 Å². The molecule has 0 radical (unpaired) electrons. The zero-order valence-corrected chi connectivity index (χ0v) is 13.8. The number of rotatable bonds is 4. The Morgan fingerprint density at radius 2 is 1.61 bits per heavy atom. The maximum atomic E-state index is 12.7. The van der Waals surface area contributed by atoms with Crippen molar-refractivity contribution in [2.45, 2.75) is 11.8 Å². The van der Waals surface area contributed by atoms with Crippen LogP contribution >= 0.6 is 0 Å². The Morgan fingerprint density at radius 1 is 0.957 bits per heavy atom. The Kier molecular flexibility index (Phi) is 4.00. The smallest absolute Gasteiger partial charge is 0.265 e. The van der Waals surface area contributed by atoms with E-state index in [4.69, 9.17) is 4.74 Å². The van der Waals surface area contributed by atoms with Crippen LogP contribution in [0, 0.1) is 6.92 Å². The van der Waals surface area contributed by atoms with E-state index in [2.05, 4.69) is 0 Å². The lowest BCUT2D eigenvalue weighted by molar-refractivity contribution is 0.415. The molecule has 3 rings (SSSR count). The van der Waals surface area contributed by atoms with E-state index >= 15 is 0 Å². The Morgan fingerprint density at radius 3 is 2.22 bits per heavy atom. The summed E-state index contributed by atoms with van der Waals surface area (Å²) in [6.07, 6.45) is 3.34. The number of benzene rings is 2. The normalized spacial score (nSPS) is 14.3. The molecule has 0 N–H and O–H groups in total. The third-order valence-electron chi connectivity index (χ3n) is 3.74. The predicted molar refractivity (Wildman–Crippen MR) is 89.7 cm³/mol. The second-order valence-electron chi connectivity index (χ2n) is 5.31. The molecule has 1 aliphatic heterocycles. The van der Waals surface area contributed by atoms with Crippen molar-refractivity contribution in [2.24, 2.45) is 0 Å². The molecule has 0 bridgehead atoms. The Balaban J connectivity index is 1.79. The molecule has 6 heteroatoms. The van der Waals surface area contributed by atoms with Crippen molar-refractivity contribution in [3.63, 3.8) is 0 Å². The van der Waals surface area contributed by atoms with E-state index in [1.54, 1.807) is 43.8 Å². The van der Waals surface area contributed by atoms with Gasteiger partial charge in [-0.2, -0.15) is 0 Å². The fourth-order valence-electron chi connectivity index (χ4n) is 2.34. The lowest BCUT2D eigenvalue weighted by Gasteiger charge is -2.21. The van der Waals surface area contributed by atoms with E-state index in [-0.39, 0.29) is 6.67 Å². The Hall–Kier alpha value is -2.47. The fourth-order valence-corrected chi connectivity index (χ4v) is 3.58. The number of aryl methyl sites for hydroxylation is 1. The van der Waals surface area contributed by atoms with Crippen LogP contribution in [0.4, 0.5) is 5.69 Å². The maximum Gasteiger partial charge on any atom is 0.265 e. The molecule has 0 fully saturated rings. The highest BCUT2D eigenvalue weighted by molar-refractivity contribution is 7.89. The highest BCUT2D eigenvalue weighted by atomic mass is 32.2. The van der Waals surface area contributed by atoms with Gasteiger partial charge in [-0.25, -0.2) is 8.42 Å². The van der Waals surface area contributed by atoms with Gasteiger partial charge in [0.15, 0.2) is 0 Å². The molecule has 0 saturated carbocycles. The SMILES string of the molecule is COc1ccc(N2C=CN(S(=O)(=O)c3ccc(C)cc3)C2)cc1. The third kappa shape index (κ3) is 3.03. The van der Waals surface area contributed by atoms with E-state index < -0.39 is 10.0 Å². The van der Waals surface area contributed by atoms with Gasteiger partial charge in [0.05, 0.1) is 12.0 Å². The number of hydrogen-bond donors (Lipinski definition) is 0. The first kappa shape index (κ1) is 15.4. The monoisotopic (exact) mass is 330 g/mol. The van der Waals surface area contributed by atoms with Crippen LogP contribution < -0.4 is 9.64 Å². The van der Waals surface area contributed by atoms with Gasteiger partial charge in [0.25, 0.3) is 10.0 Å². The van der Waals surface area contributed by atoms with Crippen molar-refractivity contribution in [3.05, 3.63) is 66.5 Å². The van der Waals surface area contributed by atoms with E-state index in [1.807, 2.05) is 36.1 Å². The van der Waals surface area contributed by atoms with Crippen molar-refractivity contribution in [3.8, 4) is 5.75 Å². The molecule has 0 saturated heterocycles. The van der Waals surface area contributed by atoms with Gasteiger partial charge in [0.2, 0.25) is 0 Å². The molecular weight excluding hydrogens is 312 g/mol. The van der Waals surface area contributed by atoms with Crippen LogP contribution in [0.15, 0.2) is 65.8 Å². The topological polar surface area (TPSA) is 49.9 Å². The minimum Gasteiger partial charge on any atom is -0.497 e. The number of anilines is 1. The van der Waals surface area contributed by atoms with Crippen LogP contribution in [0.25, 0.3) is 0 Å². The number of nitrogens with zero attached hydrogens (tertiary/aromatic N) is 2. The minimum absolute atomic E-state index is 0.253. The molecule has 1 heterocycles. The van der Waals surface area contributed by atoms with Crippen LogP contribution in [0.3, 0.4) is 0 Å². The second kappa shape index (κ2) is 5.96. The third-order valence-corrected chi connectivity index (χ3v) is 5.46. The zero-order chi connectivity index (χ0) is 16.4. The predicted octanol–water partition coefficient (Wildman–Crippen LogP) is 2.94. The van der Waals surface area contributed by atoms with Gasteiger partial charge >= 0.3 is 0 Å². The average molecular weight is 330 g/mol. The van der Waals surface area contributed by atoms with Crippen molar-refractivity contribution >= 4 is 15.7 Å². The molecule has 0 atom stereocenters.